The van der Waals surface area contributed by atoms with Gasteiger partial charge in [0, 0.05) is 12.4 Å². The number of hydrogen-bond donors (Lipinski definition) is 0. The van der Waals surface area contributed by atoms with E-state index in [4.69, 9.17) is 0 Å². The number of rotatable bonds is 0. The summed E-state index contributed by atoms with van der Waals surface area (Å²) in [5, 5.41) is 0. The molecular formula is C6H8LiN. The molecule has 0 atom stereocenters. The van der Waals surface area contributed by atoms with Crippen molar-refractivity contribution in [3.8, 4) is 0 Å². The van der Waals surface area contributed by atoms with Gasteiger partial charge in [0.25, 0.3) is 0 Å². The first-order chi connectivity index (χ1) is 3.39. The molecule has 0 spiro atoms. The van der Waals surface area contributed by atoms with Crippen LogP contribution in [0.2, 0.25) is 0 Å². The topological polar surface area (TPSA) is 12.9 Å². The number of nitrogens with zero attached hydrogens (tertiary/aromatic N) is 1. The molecule has 1 rings (SSSR count). The fourth-order valence-electron chi connectivity index (χ4n) is 0.426. The monoisotopic (exact) mass is 101 g/mol. The molecule has 2 heteroatoms. The average molecular weight is 101 g/mol. The van der Waals surface area contributed by atoms with Gasteiger partial charge in [-0.3, -0.25) is 4.98 Å². The van der Waals surface area contributed by atoms with E-state index in [1.165, 1.54) is 5.56 Å². The molecule has 0 unspecified atom stereocenters. The van der Waals surface area contributed by atoms with Crippen molar-refractivity contribution in [2.75, 3.05) is 0 Å². The molecule has 1 nitrogen and oxygen atoms in total. The van der Waals surface area contributed by atoms with Crippen molar-refractivity contribution in [2.45, 2.75) is 6.92 Å². The van der Waals surface area contributed by atoms with E-state index < -0.39 is 0 Å². The first-order valence-corrected chi connectivity index (χ1v) is 2.26. The molecule has 0 fully saturated rings. The molecule has 1 aromatic rings. The van der Waals surface area contributed by atoms with Crippen molar-refractivity contribution >= 4 is 18.9 Å². The second-order valence-corrected chi connectivity index (χ2v) is 1.52. The second-order valence-electron chi connectivity index (χ2n) is 1.52. The summed E-state index contributed by atoms with van der Waals surface area (Å²) < 4.78 is 0. The number of hydrogen-bond acceptors (Lipinski definition) is 1. The van der Waals surface area contributed by atoms with Gasteiger partial charge in [0.15, 0.2) is 0 Å². The maximum atomic E-state index is 3.85. The predicted octanol–water partition coefficient (Wildman–Crippen LogP) is 0.742. The zero-order valence-electron chi connectivity index (χ0n) is 4.26. The van der Waals surface area contributed by atoms with Crippen molar-refractivity contribution in [3.05, 3.63) is 30.1 Å². The Bertz CT molecular complexity index is 138. The van der Waals surface area contributed by atoms with E-state index in [0.717, 1.165) is 0 Å². The first kappa shape index (κ1) is 7.75. The van der Waals surface area contributed by atoms with E-state index in [1.54, 1.807) is 12.4 Å². The maximum absolute atomic E-state index is 3.85. The molecule has 1 aromatic heterocycles. The van der Waals surface area contributed by atoms with Crippen LogP contribution in [0.25, 0.3) is 0 Å². The summed E-state index contributed by atoms with van der Waals surface area (Å²) in [5.74, 6) is 0. The van der Waals surface area contributed by atoms with E-state index in [-0.39, 0.29) is 18.9 Å². The van der Waals surface area contributed by atoms with Crippen molar-refractivity contribution in [1.29, 1.82) is 0 Å². The Hall–Kier alpha value is -0.253. The van der Waals surface area contributed by atoms with Gasteiger partial charge < -0.3 is 0 Å². The normalized spacial score (nSPS) is 7.62. The Morgan fingerprint density at radius 3 is 2.00 bits per heavy atom. The van der Waals surface area contributed by atoms with Crippen LogP contribution in [0.5, 0.6) is 0 Å². The molecule has 0 aliphatic heterocycles. The van der Waals surface area contributed by atoms with Crippen LogP contribution in [0.3, 0.4) is 0 Å². The van der Waals surface area contributed by atoms with Gasteiger partial charge in [-0.25, -0.2) is 0 Å². The third kappa shape index (κ3) is 2.16. The summed E-state index contributed by atoms with van der Waals surface area (Å²) in [6.45, 7) is 2.04. The van der Waals surface area contributed by atoms with E-state index >= 15 is 0 Å². The summed E-state index contributed by atoms with van der Waals surface area (Å²) in [7, 11) is 0. The molecular weight excluding hydrogens is 93.0 g/mol. The zero-order valence-corrected chi connectivity index (χ0v) is 4.26. The van der Waals surface area contributed by atoms with Crippen LogP contribution in [0.15, 0.2) is 24.5 Å². The third-order valence-electron chi connectivity index (χ3n) is 0.847. The van der Waals surface area contributed by atoms with Crippen molar-refractivity contribution in [2.24, 2.45) is 0 Å². The van der Waals surface area contributed by atoms with Crippen molar-refractivity contribution in [1.82, 2.24) is 4.98 Å². The van der Waals surface area contributed by atoms with E-state index in [9.17, 15) is 0 Å². The molecule has 0 aliphatic rings. The molecule has 0 bridgehead atoms. The van der Waals surface area contributed by atoms with Gasteiger partial charge in [-0.05, 0) is 24.6 Å². The summed E-state index contributed by atoms with van der Waals surface area (Å²) >= 11 is 0. The summed E-state index contributed by atoms with van der Waals surface area (Å²) in [4.78, 5) is 3.85. The number of pyridine rings is 1. The summed E-state index contributed by atoms with van der Waals surface area (Å²) in [5.41, 5.74) is 1.26. The molecule has 8 heavy (non-hydrogen) atoms. The van der Waals surface area contributed by atoms with Crippen molar-refractivity contribution < 1.29 is 0 Å². The molecule has 0 saturated heterocycles. The predicted molar refractivity (Wildman–Crippen MR) is 36.1 cm³/mol. The Balaban J connectivity index is 0.000000490. The molecule has 38 valence electrons. The van der Waals surface area contributed by atoms with Crippen LogP contribution >= 0.6 is 0 Å². The van der Waals surface area contributed by atoms with Crippen LogP contribution in [-0.2, 0) is 0 Å². The Morgan fingerprint density at radius 1 is 1.25 bits per heavy atom. The van der Waals surface area contributed by atoms with Crippen LogP contribution in [0.4, 0.5) is 0 Å². The van der Waals surface area contributed by atoms with Crippen LogP contribution in [0, 0.1) is 6.92 Å². The van der Waals surface area contributed by atoms with E-state index in [2.05, 4.69) is 4.98 Å². The van der Waals surface area contributed by atoms with Gasteiger partial charge in [0.2, 0.25) is 0 Å². The average Bonchev–Trinajstić information content (AvgIpc) is 1.69. The number of aromatic nitrogens is 1. The van der Waals surface area contributed by atoms with Gasteiger partial charge in [-0.1, -0.05) is 0 Å². The fourth-order valence-corrected chi connectivity index (χ4v) is 0.426. The first-order valence-electron chi connectivity index (χ1n) is 2.26. The molecule has 1 heterocycles. The standard InChI is InChI=1S/C6H7N.Li.H/c1-6-2-4-7-5-3-6;;/h2-5H,1H3;;. The van der Waals surface area contributed by atoms with Gasteiger partial charge >= 0.3 is 18.9 Å². The summed E-state index contributed by atoms with van der Waals surface area (Å²) in [6.07, 6.45) is 3.57. The Kier molecular flexibility index (Phi) is 3.60. The minimum atomic E-state index is 0. The quantitative estimate of drug-likeness (QED) is 0.439. The Morgan fingerprint density at radius 2 is 1.75 bits per heavy atom. The van der Waals surface area contributed by atoms with Crippen LogP contribution in [-0.4, -0.2) is 23.8 Å². The molecule has 0 saturated carbocycles. The zero-order chi connectivity index (χ0) is 5.11. The van der Waals surface area contributed by atoms with Crippen LogP contribution in [0.1, 0.15) is 5.56 Å². The second kappa shape index (κ2) is 3.71. The van der Waals surface area contributed by atoms with Crippen molar-refractivity contribution in [3.63, 3.8) is 0 Å². The molecule has 0 aromatic carbocycles. The fraction of sp³-hybridized carbons (Fsp3) is 0.167. The molecule has 0 N–H and O–H groups in total. The molecule has 0 amide bonds. The Labute approximate surface area is 61.3 Å². The molecule has 0 radical (unpaired) electrons. The SMILES string of the molecule is Cc1ccncc1.[LiH]. The van der Waals surface area contributed by atoms with Crippen LogP contribution < -0.4 is 0 Å². The number of aryl methyl sites for hydroxylation is 1. The van der Waals surface area contributed by atoms with Gasteiger partial charge in [0.1, 0.15) is 0 Å². The molecule has 0 aliphatic carbocycles. The van der Waals surface area contributed by atoms with E-state index in [0.29, 0.717) is 0 Å². The van der Waals surface area contributed by atoms with E-state index in [1.807, 2.05) is 19.1 Å². The third-order valence-corrected chi connectivity index (χ3v) is 0.847. The summed E-state index contributed by atoms with van der Waals surface area (Å²) in [6, 6.07) is 3.94. The minimum absolute atomic E-state index is 0. The van der Waals surface area contributed by atoms with Gasteiger partial charge in [-0.15, -0.1) is 0 Å². The van der Waals surface area contributed by atoms with Gasteiger partial charge in [0.05, 0.1) is 0 Å². The van der Waals surface area contributed by atoms with Gasteiger partial charge in [-0.2, -0.15) is 0 Å².